The van der Waals surface area contributed by atoms with Crippen molar-refractivity contribution >= 4 is 5.69 Å². The van der Waals surface area contributed by atoms with Crippen molar-refractivity contribution in [3.63, 3.8) is 0 Å². The van der Waals surface area contributed by atoms with Crippen molar-refractivity contribution < 1.29 is 4.74 Å². The van der Waals surface area contributed by atoms with Crippen LogP contribution in [0.4, 0.5) is 5.69 Å². The molecule has 112 valence electrons. The predicted octanol–water partition coefficient (Wildman–Crippen LogP) is 3.30. The Kier molecular flexibility index (Phi) is 5.72. The maximum absolute atomic E-state index is 5.50. The van der Waals surface area contributed by atoms with Crippen LogP contribution in [0, 0.1) is 5.92 Å². The summed E-state index contributed by atoms with van der Waals surface area (Å²) in [5.41, 5.74) is 1.31. The minimum absolute atomic E-state index is 0.623. The molecular formula is C17H28N2O. The highest BCUT2D eigenvalue weighted by atomic mass is 16.5. The molecular weight excluding hydrogens is 248 g/mol. The molecule has 0 amide bonds. The average Bonchev–Trinajstić information content (AvgIpc) is 2.47. The summed E-state index contributed by atoms with van der Waals surface area (Å²) >= 11 is 0. The third-order valence-electron chi connectivity index (χ3n) is 3.75. The molecule has 20 heavy (non-hydrogen) atoms. The smallest absolute Gasteiger partial charge is 0.119 e. The second-order valence-corrected chi connectivity index (χ2v) is 6.01. The number of piperidine rings is 1. The van der Waals surface area contributed by atoms with Gasteiger partial charge >= 0.3 is 0 Å². The molecule has 0 bridgehead atoms. The number of nitrogens with zero attached hydrogens (tertiary/aromatic N) is 1. The number of hydrogen-bond donors (Lipinski definition) is 1. The molecule has 0 saturated carbocycles. The van der Waals surface area contributed by atoms with Crippen LogP contribution in [0.3, 0.4) is 0 Å². The summed E-state index contributed by atoms with van der Waals surface area (Å²) in [5.74, 6) is 1.68. The van der Waals surface area contributed by atoms with Crippen LogP contribution in [0.1, 0.15) is 33.6 Å². The summed E-state index contributed by atoms with van der Waals surface area (Å²) in [4.78, 5) is 2.48. The van der Waals surface area contributed by atoms with Crippen molar-refractivity contribution in [3.8, 4) is 5.75 Å². The Morgan fingerprint density at radius 3 is 2.70 bits per heavy atom. The van der Waals surface area contributed by atoms with Crippen molar-refractivity contribution in [2.24, 2.45) is 5.92 Å². The molecule has 0 spiro atoms. The van der Waals surface area contributed by atoms with Gasteiger partial charge in [0, 0.05) is 24.8 Å². The van der Waals surface area contributed by atoms with E-state index in [0.717, 1.165) is 37.9 Å². The van der Waals surface area contributed by atoms with E-state index in [-0.39, 0.29) is 0 Å². The fourth-order valence-electron chi connectivity index (χ4n) is 2.70. The van der Waals surface area contributed by atoms with Crippen molar-refractivity contribution in [1.82, 2.24) is 5.32 Å². The molecule has 2 rings (SSSR count). The average molecular weight is 276 g/mol. The first-order valence-corrected chi connectivity index (χ1v) is 7.90. The van der Waals surface area contributed by atoms with Crippen LogP contribution in [-0.4, -0.2) is 32.3 Å². The highest BCUT2D eigenvalue weighted by Gasteiger charge is 2.19. The molecule has 3 nitrogen and oxygen atoms in total. The summed E-state index contributed by atoms with van der Waals surface area (Å²) in [7, 11) is 0. The monoisotopic (exact) mass is 276 g/mol. The SMILES string of the molecule is CCOc1ccc(N2CCCC(NCC(C)C)C2)cc1. The zero-order chi connectivity index (χ0) is 14.4. The lowest BCUT2D eigenvalue weighted by Gasteiger charge is -2.35. The Morgan fingerprint density at radius 1 is 1.30 bits per heavy atom. The molecule has 3 heteroatoms. The van der Waals surface area contributed by atoms with Gasteiger partial charge in [-0.2, -0.15) is 0 Å². The van der Waals surface area contributed by atoms with Gasteiger partial charge in [-0.15, -0.1) is 0 Å². The van der Waals surface area contributed by atoms with Gasteiger partial charge in [0.25, 0.3) is 0 Å². The second-order valence-electron chi connectivity index (χ2n) is 6.01. The van der Waals surface area contributed by atoms with E-state index < -0.39 is 0 Å². The first-order valence-electron chi connectivity index (χ1n) is 7.90. The van der Waals surface area contributed by atoms with E-state index in [9.17, 15) is 0 Å². The van der Waals surface area contributed by atoms with Gasteiger partial charge in [-0.05, 0) is 56.5 Å². The maximum atomic E-state index is 5.50. The van der Waals surface area contributed by atoms with Crippen molar-refractivity contribution in [2.75, 3.05) is 31.1 Å². The molecule has 1 atom stereocenters. The molecule has 1 aromatic carbocycles. The zero-order valence-electron chi connectivity index (χ0n) is 13.1. The number of nitrogens with one attached hydrogen (secondary N) is 1. The molecule has 0 aliphatic carbocycles. The number of hydrogen-bond acceptors (Lipinski definition) is 3. The quantitative estimate of drug-likeness (QED) is 0.863. The largest absolute Gasteiger partial charge is 0.494 e. The summed E-state index contributed by atoms with van der Waals surface area (Å²) in [6, 6.07) is 9.12. The van der Waals surface area contributed by atoms with E-state index in [1.165, 1.54) is 18.5 Å². The van der Waals surface area contributed by atoms with Crippen LogP contribution in [-0.2, 0) is 0 Å². The van der Waals surface area contributed by atoms with E-state index in [0.29, 0.717) is 6.04 Å². The standard InChI is InChI=1S/C17H28N2O/c1-4-20-17-9-7-16(8-10-17)19-11-5-6-15(13-19)18-12-14(2)3/h7-10,14-15,18H,4-6,11-13H2,1-3H3. The van der Waals surface area contributed by atoms with Gasteiger partial charge in [0.1, 0.15) is 5.75 Å². The lowest BCUT2D eigenvalue weighted by Crippen LogP contribution is -2.46. The lowest BCUT2D eigenvalue weighted by atomic mass is 10.0. The predicted molar refractivity (Wildman–Crippen MR) is 85.7 cm³/mol. The normalized spacial score (nSPS) is 19.4. The molecule has 1 unspecified atom stereocenters. The Balaban J connectivity index is 1.90. The van der Waals surface area contributed by atoms with Gasteiger partial charge in [0.05, 0.1) is 6.61 Å². The minimum Gasteiger partial charge on any atom is -0.494 e. The van der Waals surface area contributed by atoms with E-state index in [2.05, 4.69) is 48.3 Å². The van der Waals surface area contributed by atoms with Gasteiger partial charge in [-0.1, -0.05) is 13.8 Å². The van der Waals surface area contributed by atoms with Crippen LogP contribution in [0.25, 0.3) is 0 Å². The number of rotatable bonds is 6. The molecule has 1 fully saturated rings. The van der Waals surface area contributed by atoms with Crippen LogP contribution in [0.5, 0.6) is 5.75 Å². The van der Waals surface area contributed by atoms with E-state index in [1.54, 1.807) is 0 Å². The van der Waals surface area contributed by atoms with Gasteiger partial charge in [-0.3, -0.25) is 0 Å². The highest BCUT2D eigenvalue weighted by molar-refractivity contribution is 5.49. The maximum Gasteiger partial charge on any atom is 0.119 e. The Labute approximate surface area is 123 Å². The van der Waals surface area contributed by atoms with Crippen LogP contribution in [0.15, 0.2) is 24.3 Å². The summed E-state index contributed by atoms with van der Waals surface area (Å²) in [5, 5.41) is 3.69. The molecule has 1 aliphatic rings. The molecule has 0 aromatic heterocycles. The van der Waals surface area contributed by atoms with Crippen molar-refractivity contribution in [3.05, 3.63) is 24.3 Å². The number of benzene rings is 1. The summed E-state index contributed by atoms with van der Waals surface area (Å²) < 4.78 is 5.50. The number of anilines is 1. The van der Waals surface area contributed by atoms with Crippen LogP contribution < -0.4 is 15.0 Å². The first kappa shape index (κ1) is 15.2. The highest BCUT2D eigenvalue weighted by Crippen LogP contribution is 2.23. The first-order chi connectivity index (χ1) is 9.69. The summed E-state index contributed by atoms with van der Waals surface area (Å²) in [6.45, 7) is 10.7. The van der Waals surface area contributed by atoms with E-state index >= 15 is 0 Å². The van der Waals surface area contributed by atoms with Gasteiger partial charge in [0.2, 0.25) is 0 Å². The van der Waals surface area contributed by atoms with Gasteiger partial charge in [0.15, 0.2) is 0 Å². The molecule has 1 saturated heterocycles. The van der Waals surface area contributed by atoms with E-state index in [4.69, 9.17) is 4.74 Å². The molecule has 1 aromatic rings. The topological polar surface area (TPSA) is 24.5 Å². The summed E-state index contributed by atoms with van der Waals surface area (Å²) in [6.07, 6.45) is 2.56. The fraction of sp³-hybridized carbons (Fsp3) is 0.647. The molecule has 1 heterocycles. The third-order valence-corrected chi connectivity index (χ3v) is 3.75. The van der Waals surface area contributed by atoms with Crippen LogP contribution in [0.2, 0.25) is 0 Å². The van der Waals surface area contributed by atoms with Crippen LogP contribution >= 0.6 is 0 Å². The fourth-order valence-corrected chi connectivity index (χ4v) is 2.70. The molecule has 0 radical (unpaired) electrons. The van der Waals surface area contributed by atoms with E-state index in [1.807, 2.05) is 6.92 Å². The minimum atomic E-state index is 0.623. The zero-order valence-corrected chi connectivity index (χ0v) is 13.1. The molecule has 1 aliphatic heterocycles. The third kappa shape index (κ3) is 4.41. The number of ether oxygens (including phenoxy) is 1. The van der Waals surface area contributed by atoms with Gasteiger partial charge < -0.3 is 15.0 Å². The van der Waals surface area contributed by atoms with Crippen molar-refractivity contribution in [2.45, 2.75) is 39.7 Å². The Hall–Kier alpha value is -1.22. The van der Waals surface area contributed by atoms with Gasteiger partial charge in [-0.25, -0.2) is 0 Å². The Bertz CT molecular complexity index is 388. The second kappa shape index (κ2) is 7.53. The van der Waals surface area contributed by atoms with Crippen molar-refractivity contribution in [1.29, 1.82) is 0 Å². The molecule has 1 N–H and O–H groups in total. The Morgan fingerprint density at radius 2 is 2.05 bits per heavy atom. The lowest BCUT2D eigenvalue weighted by molar-refractivity contribution is 0.340.